The number of primary amides is 1. The fourth-order valence-corrected chi connectivity index (χ4v) is 3.72. The van der Waals surface area contributed by atoms with Gasteiger partial charge in [0.25, 0.3) is 0 Å². The van der Waals surface area contributed by atoms with Gasteiger partial charge in [0, 0.05) is 32.7 Å². The number of amides is 3. The van der Waals surface area contributed by atoms with Crippen molar-refractivity contribution in [1.29, 1.82) is 0 Å². The lowest BCUT2D eigenvalue weighted by atomic mass is 9.98. The molecule has 3 amide bonds. The van der Waals surface area contributed by atoms with Crippen LogP contribution < -0.4 is 21.3 Å². The van der Waals surface area contributed by atoms with Gasteiger partial charge in [-0.1, -0.05) is 31.2 Å². The second-order valence-electron chi connectivity index (χ2n) is 7.70. The summed E-state index contributed by atoms with van der Waals surface area (Å²) < 4.78 is 13.1. The maximum absolute atomic E-state index is 13.1. The summed E-state index contributed by atoms with van der Waals surface area (Å²) in [4.78, 5) is 29.0. The van der Waals surface area contributed by atoms with E-state index in [1.54, 1.807) is 12.1 Å². The third-order valence-electron chi connectivity index (χ3n) is 5.62. The van der Waals surface area contributed by atoms with Crippen molar-refractivity contribution >= 4 is 23.3 Å². The largest absolute Gasteiger partial charge is 0.369 e. The first-order valence-corrected chi connectivity index (χ1v) is 10.6. The molecule has 2 aromatic carbocycles. The number of likely N-dealkylation sites (N-methyl/N-ethyl adjacent to an activating group) is 1. The molecule has 0 aromatic heterocycles. The summed E-state index contributed by atoms with van der Waals surface area (Å²) in [6, 6.07) is 13.2. The van der Waals surface area contributed by atoms with Crippen LogP contribution in [0, 0.1) is 11.7 Å². The van der Waals surface area contributed by atoms with Gasteiger partial charge in [-0.3, -0.25) is 4.79 Å². The number of rotatable bonds is 8. The molecule has 1 fully saturated rings. The van der Waals surface area contributed by atoms with Crippen LogP contribution in [0.25, 0.3) is 0 Å². The molecule has 0 saturated carbocycles. The molecule has 0 aliphatic carbocycles. The number of piperazine rings is 1. The van der Waals surface area contributed by atoms with Crippen LogP contribution in [0.2, 0.25) is 0 Å². The highest BCUT2D eigenvalue weighted by Gasteiger charge is 2.20. The summed E-state index contributed by atoms with van der Waals surface area (Å²) in [5, 5.41) is 5.63. The van der Waals surface area contributed by atoms with Gasteiger partial charge in [-0.15, -0.1) is 0 Å². The zero-order valence-electron chi connectivity index (χ0n) is 17.8. The molecule has 8 heteroatoms. The predicted octanol–water partition coefficient (Wildman–Crippen LogP) is 2.43. The number of urea groups is 1. The molecule has 0 bridgehead atoms. The van der Waals surface area contributed by atoms with Crippen LogP contribution in [0.5, 0.6) is 0 Å². The molecule has 1 heterocycles. The SMILES string of the molecule is CCN1CCN(c2ccccc2NC(=O)NCC(Cc2ccc(F)cc2)C(N)=O)CC1. The summed E-state index contributed by atoms with van der Waals surface area (Å²) >= 11 is 0. The van der Waals surface area contributed by atoms with Crippen molar-refractivity contribution in [3.63, 3.8) is 0 Å². The minimum atomic E-state index is -0.589. The van der Waals surface area contributed by atoms with Crippen LogP contribution in [0.15, 0.2) is 48.5 Å². The highest BCUT2D eigenvalue weighted by molar-refractivity contribution is 5.93. The van der Waals surface area contributed by atoms with E-state index in [-0.39, 0.29) is 12.4 Å². The van der Waals surface area contributed by atoms with Gasteiger partial charge in [0.05, 0.1) is 17.3 Å². The lowest BCUT2D eigenvalue weighted by molar-refractivity contribution is -0.121. The highest BCUT2D eigenvalue weighted by atomic mass is 19.1. The third kappa shape index (κ3) is 6.42. The Labute approximate surface area is 182 Å². The molecule has 1 aliphatic rings. The maximum Gasteiger partial charge on any atom is 0.319 e. The number of carbonyl (C=O) groups is 2. The van der Waals surface area contributed by atoms with Crippen LogP contribution in [0.4, 0.5) is 20.6 Å². The number of carbonyl (C=O) groups excluding carboxylic acids is 2. The number of hydrogen-bond donors (Lipinski definition) is 3. The standard InChI is InChI=1S/C23H30FN5O2/c1-2-28-11-13-29(14-12-28)21-6-4-3-5-20(21)27-23(31)26-16-18(22(25)30)15-17-7-9-19(24)10-8-17/h3-10,18H,2,11-16H2,1H3,(H2,25,30)(H2,26,27,31). The second-order valence-corrected chi connectivity index (χ2v) is 7.70. The van der Waals surface area contributed by atoms with E-state index in [2.05, 4.69) is 27.4 Å². The minimum Gasteiger partial charge on any atom is -0.369 e. The van der Waals surface area contributed by atoms with Crippen molar-refractivity contribution in [3.8, 4) is 0 Å². The van der Waals surface area contributed by atoms with Crippen LogP contribution in [-0.4, -0.2) is 56.1 Å². The normalized spacial score (nSPS) is 15.4. The molecular weight excluding hydrogens is 397 g/mol. The Bertz CT molecular complexity index is 882. The molecule has 0 radical (unpaired) electrons. The third-order valence-corrected chi connectivity index (χ3v) is 5.62. The van der Waals surface area contributed by atoms with Gasteiger partial charge >= 0.3 is 6.03 Å². The number of halogens is 1. The van der Waals surface area contributed by atoms with Gasteiger partial charge in [-0.2, -0.15) is 0 Å². The highest BCUT2D eigenvalue weighted by Crippen LogP contribution is 2.26. The Kier molecular flexibility index (Phi) is 7.83. The maximum atomic E-state index is 13.1. The van der Waals surface area contributed by atoms with E-state index in [0.717, 1.165) is 49.7 Å². The molecule has 1 saturated heterocycles. The molecule has 1 aliphatic heterocycles. The predicted molar refractivity (Wildman–Crippen MR) is 121 cm³/mol. The lowest BCUT2D eigenvalue weighted by Gasteiger charge is -2.36. The Morgan fingerprint density at radius 3 is 2.39 bits per heavy atom. The molecule has 1 atom stereocenters. The van der Waals surface area contributed by atoms with Crippen molar-refractivity contribution in [1.82, 2.24) is 10.2 Å². The number of anilines is 2. The van der Waals surface area contributed by atoms with Crippen molar-refractivity contribution < 1.29 is 14.0 Å². The summed E-state index contributed by atoms with van der Waals surface area (Å²) in [5.41, 5.74) is 7.98. The quantitative estimate of drug-likeness (QED) is 0.604. The van der Waals surface area contributed by atoms with Crippen molar-refractivity contribution in [3.05, 3.63) is 59.9 Å². The molecule has 7 nitrogen and oxygen atoms in total. The Balaban J connectivity index is 1.57. The fraction of sp³-hybridized carbons (Fsp3) is 0.391. The first-order chi connectivity index (χ1) is 15.0. The van der Waals surface area contributed by atoms with Crippen LogP contribution in [0.3, 0.4) is 0 Å². The molecule has 0 spiro atoms. The molecule has 2 aromatic rings. The molecule has 3 rings (SSSR count). The van der Waals surface area contributed by atoms with Gasteiger partial charge in [-0.05, 0) is 42.8 Å². The van der Waals surface area contributed by atoms with Crippen LogP contribution >= 0.6 is 0 Å². The van der Waals surface area contributed by atoms with Gasteiger partial charge in [-0.25, -0.2) is 9.18 Å². The smallest absolute Gasteiger partial charge is 0.319 e. The molecular formula is C23H30FN5O2. The average Bonchev–Trinajstić information content (AvgIpc) is 2.78. The van der Waals surface area contributed by atoms with E-state index in [1.807, 2.05) is 24.3 Å². The van der Waals surface area contributed by atoms with Crippen LogP contribution in [0.1, 0.15) is 12.5 Å². The van der Waals surface area contributed by atoms with Gasteiger partial charge in [0.15, 0.2) is 0 Å². The van der Waals surface area contributed by atoms with Gasteiger partial charge in [0.1, 0.15) is 5.82 Å². The summed E-state index contributed by atoms with van der Waals surface area (Å²) in [6.07, 6.45) is 0.328. The van der Waals surface area contributed by atoms with E-state index >= 15 is 0 Å². The van der Waals surface area contributed by atoms with E-state index in [4.69, 9.17) is 5.73 Å². The van der Waals surface area contributed by atoms with Gasteiger partial charge in [0.2, 0.25) is 5.91 Å². The van der Waals surface area contributed by atoms with Crippen molar-refractivity contribution in [2.75, 3.05) is 49.5 Å². The number of nitrogens with two attached hydrogens (primary N) is 1. The minimum absolute atomic E-state index is 0.0931. The summed E-state index contributed by atoms with van der Waals surface area (Å²) in [6.45, 7) is 7.06. The molecule has 31 heavy (non-hydrogen) atoms. The zero-order valence-corrected chi connectivity index (χ0v) is 17.8. The van der Waals surface area contributed by atoms with Crippen molar-refractivity contribution in [2.24, 2.45) is 11.7 Å². The monoisotopic (exact) mass is 427 g/mol. The van der Waals surface area contributed by atoms with E-state index < -0.39 is 17.9 Å². The first kappa shape index (κ1) is 22.6. The van der Waals surface area contributed by atoms with E-state index in [0.29, 0.717) is 6.42 Å². The second kappa shape index (κ2) is 10.8. The average molecular weight is 428 g/mol. The number of para-hydroxylation sites is 2. The number of hydrogen-bond acceptors (Lipinski definition) is 4. The molecule has 4 N–H and O–H groups in total. The zero-order chi connectivity index (χ0) is 22.2. The lowest BCUT2D eigenvalue weighted by Crippen LogP contribution is -2.46. The molecule has 1 unspecified atom stereocenters. The number of nitrogens with zero attached hydrogens (tertiary/aromatic N) is 2. The van der Waals surface area contributed by atoms with E-state index in [9.17, 15) is 14.0 Å². The van der Waals surface area contributed by atoms with E-state index in [1.165, 1.54) is 12.1 Å². The Morgan fingerprint density at radius 1 is 1.06 bits per heavy atom. The summed E-state index contributed by atoms with van der Waals surface area (Å²) in [5.74, 6) is -1.45. The number of nitrogens with one attached hydrogen (secondary N) is 2. The fourth-order valence-electron chi connectivity index (χ4n) is 3.72. The molecule has 166 valence electrons. The van der Waals surface area contributed by atoms with Crippen LogP contribution in [-0.2, 0) is 11.2 Å². The Morgan fingerprint density at radius 2 is 1.74 bits per heavy atom. The first-order valence-electron chi connectivity index (χ1n) is 10.6. The van der Waals surface area contributed by atoms with Crippen molar-refractivity contribution in [2.45, 2.75) is 13.3 Å². The topological polar surface area (TPSA) is 90.7 Å². The Hall–Kier alpha value is -3.13. The van der Waals surface area contributed by atoms with Gasteiger partial charge < -0.3 is 26.2 Å². The summed E-state index contributed by atoms with van der Waals surface area (Å²) in [7, 11) is 0. The number of benzene rings is 2.